The highest BCUT2D eigenvalue weighted by atomic mass is 32.1. The summed E-state index contributed by atoms with van der Waals surface area (Å²) in [5.41, 5.74) is 0.596. The molecular weight excluding hydrogens is 400 g/mol. The van der Waals surface area contributed by atoms with Gasteiger partial charge in [0.05, 0.1) is 17.2 Å². The number of hydrogen-bond donors (Lipinski definition) is 2. The first-order valence-corrected chi connectivity index (χ1v) is 10.6. The number of para-hydroxylation sites is 2. The molecule has 3 rings (SSSR count). The second-order valence-electron chi connectivity index (χ2n) is 6.39. The van der Waals surface area contributed by atoms with Crippen LogP contribution in [0.2, 0.25) is 0 Å². The number of amides is 2. The van der Waals surface area contributed by atoms with Crippen LogP contribution in [-0.4, -0.2) is 25.0 Å². The van der Waals surface area contributed by atoms with Crippen molar-refractivity contribution in [2.45, 2.75) is 19.8 Å². The first-order valence-electron chi connectivity index (χ1n) is 9.77. The molecule has 0 aliphatic heterocycles. The van der Waals surface area contributed by atoms with Crippen LogP contribution in [0.5, 0.6) is 17.2 Å². The number of thiophene rings is 1. The molecule has 2 amide bonds. The molecule has 0 saturated heterocycles. The average Bonchev–Trinajstić information content (AvgIpc) is 3.29. The second kappa shape index (κ2) is 11.0. The normalized spacial score (nSPS) is 10.3. The number of carbonyl (C=O) groups excluding carboxylic acids is 2. The lowest BCUT2D eigenvalue weighted by atomic mass is 10.2. The molecule has 156 valence electrons. The third-order valence-corrected chi connectivity index (χ3v) is 5.00. The predicted octanol–water partition coefficient (Wildman–Crippen LogP) is 5.09. The van der Waals surface area contributed by atoms with Crippen LogP contribution < -0.4 is 20.1 Å². The van der Waals surface area contributed by atoms with E-state index in [1.54, 1.807) is 18.2 Å². The molecule has 0 unspecified atom stereocenters. The van der Waals surface area contributed by atoms with E-state index < -0.39 is 0 Å². The Morgan fingerprint density at radius 2 is 1.73 bits per heavy atom. The minimum atomic E-state index is -0.136. The van der Waals surface area contributed by atoms with Crippen LogP contribution in [-0.2, 0) is 4.79 Å². The van der Waals surface area contributed by atoms with Crippen molar-refractivity contribution in [1.82, 2.24) is 5.32 Å². The number of ether oxygens (including phenoxy) is 2. The standard InChI is InChI=1S/C23H24N2O4S/c1-2-28-17-11-13-18(14-12-17)29-20-8-4-3-7-19(20)25-22(26)10-5-15-24-23(27)21-9-6-16-30-21/h3-4,6-9,11-14,16H,2,5,10,15H2,1H3,(H,24,27)(H,25,26). The molecular formula is C23H24N2O4S. The van der Waals surface area contributed by atoms with E-state index in [0.29, 0.717) is 48.1 Å². The molecule has 0 bridgehead atoms. The molecule has 6 nitrogen and oxygen atoms in total. The fourth-order valence-electron chi connectivity index (χ4n) is 2.71. The molecule has 0 spiro atoms. The maximum Gasteiger partial charge on any atom is 0.261 e. The molecule has 3 aromatic rings. The molecule has 0 atom stereocenters. The highest BCUT2D eigenvalue weighted by Crippen LogP contribution is 2.30. The fourth-order valence-corrected chi connectivity index (χ4v) is 3.35. The summed E-state index contributed by atoms with van der Waals surface area (Å²) in [4.78, 5) is 24.9. The topological polar surface area (TPSA) is 76.7 Å². The lowest BCUT2D eigenvalue weighted by Crippen LogP contribution is -2.24. The van der Waals surface area contributed by atoms with Gasteiger partial charge in [0.25, 0.3) is 5.91 Å². The molecule has 0 aliphatic rings. The maximum atomic E-state index is 12.3. The zero-order chi connectivity index (χ0) is 21.2. The lowest BCUT2D eigenvalue weighted by molar-refractivity contribution is -0.116. The minimum Gasteiger partial charge on any atom is -0.494 e. The summed E-state index contributed by atoms with van der Waals surface area (Å²) in [6, 6.07) is 18.2. The Hall–Kier alpha value is -3.32. The van der Waals surface area contributed by atoms with E-state index in [1.165, 1.54) is 11.3 Å². The summed E-state index contributed by atoms with van der Waals surface area (Å²) in [6.45, 7) is 2.97. The van der Waals surface area contributed by atoms with Gasteiger partial charge in [-0.05, 0) is 61.2 Å². The fraction of sp³-hybridized carbons (Fsp3) is 0.217. The van der Waals surface area contributed by atoms with E-state index in [2.05, 4.69) is 10.6 Å². The van der Waals surface area contributed by atoms with Gasteiger partial charge < -0.3 is 20.1 Å². The van der Waals surface area contributed by atoms with Crippen molar-refractivity contribution in [3.05, 3.63) is 70.9 Å². The van der Waals surface area contributed by atoms with Gasteiger partial charge >= 0.3 is 0 Å². The van der Waals surface area contributed by atoms with Crippen molar-refractivity contribution in [1.29, 1.82) is 0 Å². The molecule has 2 aromatic carbocycles. The summed E-state index contributed by atoms with van der Waals surface area (Å²) in [5.74, 6) is 1.73. The number of anilines is 1. The van der Waals surface area contributed by atoms with Crippen LogP contribution in [0.4, 0.5) is 5.69 Å². The second-order valence-corrected chi connectivity index (χ2v) is 7.34. The zero-order valence-corrected chi connectivity index (χ0v) is 17.5. The highest BCUT2D eigenvalue weighted by molar-refractivity contribution is 7.12. The quantitative estimate of drug-likeness (QED) is 0.445. The monoisotopic (exact) mass is 424 g/mol. The van der Waals surface area contributed by atoms with Crippen molar-refractivity contribution in [2.24, 2.45) is 0 Å². The Morgan fingerprint density at radius 1 is 0.967 bits per heavy atom. The molecule has 1 heterocycles. The first kappa shape index (κ1) is 21.4. The number of benzene rings is 2. The van der Waals surface area contributed by atoms with Crippen molar-refractivity contribution in [2.75, 3.05) is 18.5 Å². The SMILES string of the molecule is CCOc1ccc(Oc2ccccc2NC(=O)CCCNC(=O)c2cccs2)cc1. The lowest BCUT2D eigenvalue weighted by Gasteiger charge is -2.13. The molecule has 0 fully saturated rings. The Kier molecular flexibility index (Phi) is 7.86. The molecule has 0 aliphatic carbocycles. The molecule has 7 heteroatoms. The summed E-state index contributed by atoms with van der Waals surface area (Å²) < 4.78 is 11.3. The van der Waals surface area contributed by atoms with Crippen molar-refractivity contribution in [3.8, 4) is 17.2 Å². The Labute approximate surface area is 179 Å². The van der Waals surface area contributed by atoms with Gasteiger partial charge in [-0.1, -0.05) is 18.2 Å². The zero-order valence-electron chi connectivity index (χ0n) is 16.7. The average molecular weight is 425 g/mol. The summed E-state index contributed by atoms with van der Waals surface area (Å²) in [6.07, 6.45) is 0.840. The van der Waals surface area contributed by atoms with E-state index >= 15 is 0 Å². The number of carbonyl (C=O) groups is 2. The molecule has 0 saturated carbocycles. The number of rotatable bonds is 10. The smallest absolute Gasteiger partial charge is 0.261 e. The van der Waals surface area contributed by atoms with Crippen LogP contribution in [0.3, 0.4) is 0 Å². The molecule has 1 aromatic heterocycles. The van der Waals surface area contributed by atoms with Crippen molar-refractivity contribution < 1.29 is 19.1 Å². The van der Waals surface area contributed by atoms with Gasteiger partial charge in [-0.2, -0.15) is 0 Å². The molecule has 0 radical (unpaired) electrons. The first-order chi connectivity index (χ1) is 14.7. The molecule has 2 N–H and O–H groups in total. The van der Waals surface area contributed by atoms with Gasteiger partial charge in [0.2, 0.25) is 5.91 Å². The highest BCUT2D eigenvalue weighted by Gasteiger charge is 2.10. The van der Waals surface area contributed by atoms with Crippen LogP contribution in [0.15, 0.2) is 66.0 Å². The van der Waals surface area contributed by atoms with Crippen LogP contribution in [0, 0.1) is 0 Å². The summed E-state index contributed by atoms with van der Waals surface area (Å²) in [7, 11) is 0. The largest absolute Gasteiger partial charge is 0.494 e. The van der Waals surface area contributed by atoms with Gasteiger partial charge in [0.15, 0.2) is 5.75 Å². The number of nitrogens with one attached hydrogen (secondary N) is 2. The van der Waals surface area contributed by atoms with E-state index in [1.807, 2.05) is 54.8 Å². The van der Waals surface area contributed by atoms with E-state index in [0.717, 1.165) is 5.75 Å². The predicted molar refractivity (Wildman–Crippen MR) is 119 cm³/mol. The van der Waals surface area contributed by atoms with Crippen LogP contribution >= 0.6 is 11.3 Å². The Morgan fingerprint density at radius 3 is 2.47 bits per heavy atom. The van der Waals surface area contributed by atoms with Gasteiger partial charge in [-0.25, -0.2) is 0 Å². The van der Waals surface area contributed by atoms with Gasteiger partial charge in [-0.15, -0.1) is 11.3 Å². The van der Waals surface area contributed by atoms with Gasteiger partial charge in [-0.3, -0.25) is 9.59 Å². The van der Waals surface area contributed by atoms with Crippen molar-refractivity contribution in [3.63, 3.8) is 0 Å². The van der Waals surface area contributed by atoms with Crippen molar-refractivity contribution >= 4 is 28.8 Å². The number of hydrogen-bond acceptors (Lipinski definition) is 5. The third kappa shape index (κ3) is 6.35. The van der Waals surface area contributed by atoms with Gasteiger partial charge in [0.1, 0.15) is 11.5 Å². The maximum absolute atomic E-state index is 12.3. The van der Waals surface area contributed by atoms with Crippen LogP contribution in [0.1, 0.15) is 29.4 Å². The summed E-state index contributed by atoms with van der Waals surface area (Å²) in [5, 5.41) is 7.55. The van der Waals surface area contributed by atoms with E-state index in [4.69, 9.17) is 9.47 Å². The van der Waals surface area contributed by atoms with E-state index in [9.17, 15) is 9.59 Å². The van der Waals surface area contributed by atoms with E-state index in [-0.39, 0.29) is 11.8 Å². The minimum absolute atomic E-state index is 0.112. The van der Waals surface area contributed by atoms with Gasteiger partial charge in [0, 0.05) is 13.0 Å². The molecule has 30 heavy (non-hydrogen) atoms. The summed E-state index contributed by atoms with van der Waals surface area (Å²) >= 11 is 1.39. The van der Waals surface area contributed by atoms with Crippen LogP contribution in [0.25, 0.3) is 0 Å². The Balaban J connectivity index is 1.49. The Bertz CT molecular complexity index is 956. The third-order valence-electron chi connectivity index (χ3n) is 4.13.